The molecule has 1 fully saturated rings. The van der Waals surface area contributed by atoms with Crippen molar-refractivity contribution in [3.63, 3.8) is 0 Å². The van der Waals surface area contributed by atoms with Crippen molar-refractivity contribution in [2.75, 3.05) is 7.11 Å². The van der Waals surface area contributed by atoms with E-state index >= 15 is 0 Å². The molecule has 0 bridgehead atoms. The summed E-state index contributed by atoms with van der Waals surface area (Å²) in [6.07, 6.45) is 7.51. The lowest BCUT2D eigenvalue weighted by Gasteiger charge is -1.99. The highest BCUT2D eigenvalue weighted by Gasteiger charge is 2.42. The maximum atomic E-state index is 11.1. The lowest BCUT2D eigenvalue weighted by Crippen LogP contribution is -2.04. The Morgan fingerprint density at radius 1 is 1.38 bits per heavy atom. The van der Waals surface area contributed by atoms with Gasteiger partial charge in [0.15, 0.2) is 0 Å². The van der Waals surface area contributed by atoms with Crippen LogP contribution in [-0.2, 0) is 9.53 Å². The monoisotopic (exact) mass is 184 g/mol. The lowest BCUT2D eigenvalue weighted by molar-refractivity contribution is -0.142. The molecule has 0 N–H and O–H groups in total. The van der Waals surface area contributed by atoms with Crippen molar-refractivity contribution in [2.45, 2.75) is 45.4 Å². The number of carbonyl (C=O) groups is 1. The molecule has 0 aromatic carbocycles. The molecule has 1 aliphatic carbocycles. The smallest absolute Gasteiger partial charge is 0.308 e. The van der Waals surface area contributed by atoms with Crippen LogP contribution in [0.4, 0.5) is 0 Å². The second-order valence-electron chi connectivity index (χ2n) is 3.97. The second-order valence-corrected chi connectivity index (χ2v) is 3.97. The Morgan fingerprint density at radius 2 is 2.15 bits per heavy atom. The molecule has 76 valence electrons. The summed E-state index contributed by atoms with van der Waals surface area (Å²) < 4.78 is 4.69. The predicted molar refractivity (Wildman–Crippen MR) is 52.4 cm³/mol. The molecule has 1 rings (SSSR count). The normalized spacial score (nSPS) is 25.7. The van der Waals surface area contributed by atoms with Gasteiger partial charge in [-0.2, -0.15) is 0 Å². The van der Waals surface area contributed by atoms with Crippen LogP contribution in [0.25, 0.3) is 0 Å². The number of methoxy groups -OCH3 is 1. The molecule has 0 aromatic rings. The number of rotatable bonds is 6. The minimum Gasteiger partial charge on any atom is -0.469 e. The first-order valence-corrected chi connectivity index (χ1v) is 5.37. The molecule has 13 heavy (non-hydrogen) atoms. The first kappa shape index (κ1) is 10.6. The molecule has 1 saturated carbocycles. The van der Waals surface area contributed by atoms with Crippen LogP contribution in [-0.4, -0.2) is 13.1 Å². The molecule has 0 saturated heterocycles. The Balaban J connectivity index is 1.98. The highest BCUT2D eigenvalue weighted by atomic mass is 16.5. The summed E-state index contributed by atoms with van der Waals surface area (Å²) in [5.41, 5.74) is 0. The first-order chi connectivity index (χ1) is 6.29. The molecule has 0 aliphatic heterocycles. The Hall–Kier alpha value is -0.530. The van der Waals surface area contributed by atoms with E-state index in [4.69, 9.17) is 4.74 Å². The number of carbonyl (C=O) groups excluding carboxylic acids is 1. The summed E-state index contributed by atoms with van der Waals surface area (Å²) >= 11 is 0. The van der Waals surface area contributed by atoms with E-state index in [1.165, 1.54) is 39.2 Å². The molecular weight excluding hydrogens is 164 g/mol. The summed E-state index contributed by atoms with van der Waals surface area (Å²) in [6.45, 7) is 2.22. The number of hydrogen-bond acceptors (Lipinski definition) is 2. The van der Waals surface area contributed by atoms with Gasteiger partial charge in [0.05, 0.1) is 13.0 Å². The third-order valence-electron chi connectivity index (χ3n) is 2.85. The number of hydrogen-bond donors (Lipinski definition) is 0. The van der Waals surface area contributed by atoms with E-state index < -0.39 is 0 Å². The van der Waals surface area contributed by atoms with Crippen molar-refractivity contribution in [3.05, 3.63) is 0 Å². The van der Waals surface area contributed by atoms with Crippen molar-refractivity contribution in [2.24, 2.45) is 11.8 Å². The van der Waals surface area contributed by atoms with Gasteiger partial charge in [0.2, 0.25) is 0 Å². The molecule has 0 radical (unpaired) electrons. The fraction of sp³-hybridized carbons (Fsp3) is 0.909. The molecule has 2 atom stereocenters. The second kappa shape index (κ2) is 5.25. The Labute approximate surface area is 80.7 Å². The van der Waals surface area contributed by atoms with Crippen molar-refractivity contribution in [1.82, 2.24) is 0 Å². The zero-order valence-corrected chi connectivity index (χ0v) is 8.71. The highest BCUT2D eigenvalue weighted by molar-refractivity contribution is 5.75. The standard InChI is InChI=1S/C11H20O2/c1-3-4-5-6-7-9-8-10(9)11(12)13-2/h9-10H,3-8H2,1-2H3/t9-,10+/m0/s1. The third-order valence-corrected chi connectivity index (χ3v) is 2.85. The van der Waals surface area contributed by atoms with Gasteiger partial charge in [0.25, 0.3) is 0 Å². The molecule has 0 aromatic heterocycles. The van der Waals surface area contributed by atoms with Gasteiger partial charge in [-0.3, -0.25) is 4.79 Å². The summed E-state index contributed by atoms with van der Waals surface area (Å²) in [6, 6.07) is 0. The van der Waals surface area contributed by atoms with Crippen LogP contribution >= 0.6 is 0 Å². The van der Waals surface area contributed by atoms with Crippen molar-refractivity contribution >= 4 is 5.97 Å². The Kier molecular flexibility index (Phi) is 4.26. The van der Waals surface area contributed by atoms with Crippen molar-refractivity contribution in [1.29, 1.82) is 0 Å². The van der Waals surface area contributed by atoms with E-state index in [9.17, 15) is 4.79 Å². The van der Waals surface area contributed by atoms with E-state index in [1.807, 2.05) is 0 Å². The van der Waals surface area contributed by atoms with E-state index in [0.717, 1.165) is 6.42 Å². The molecule has 2 heteroatoms. The maximum Gasteiger partial charge on any atom is 0.308 e. The summed E-state index contributed by atoms with van der Waals surface area (Å²) in [5, 5.41) is 0. The minimum atomic E-state index is 0.000455. The summed E-state index contributed by atoms with van der Waals surface area (Å²) in [7, 11) is 1.48. The SMILES string of the molecule is CCCCCC[C@H]1C[C@H]1C(=O)OC. The van der Waals surface area contributed by atoms with Gasteiger partial charge in [-0.15, -0.1) is 0 Å². The van der Waals surface area contributed by atoms with Gasteiger partial charge >= 0.3 is 5.97 Å². The van der Waals surface area contributed by atoms with Gasteiger partial charge in [-0.1, -0.05) is 32.6 Å². The molecule has 0 heterocycles. The van der Waals surface area contributed by atoms with Crippen LogP contribution in [0, 0.1) is 11.8 Å². The van der Waals surface area contributed by atoms with Crippen LogP contribution in [0.5, 0.6) is 0 Å². The van der Waals surface area contributed by atoms with Crippen LogP contribution in [0.2, 0.25) is 0 Å². The van der Waals surface area contributed by atoms with E-state index in [2.05, 4.69) is 6.92 Å². The summed E-state index contributed by atoms with van der Waals surface area (Å²) in [4.78, 5) is 11.1. The largest absolute Gasteiger partial charge is 0.469 e. The zero-order valence-electron chi connectivity index (χ0n) is 8.71. The van der Waals surface area contributed by atoms with Crippen LogP contribution in [0.15, 0.2) is 0 Å². The average molecular weight is 184 g/mol. The van der Waals surface area contributed by atoms with Gasteiger partial charge in [0.1, 0.15) is 0 Å². The summed E-state index contributed by atoms with van der Waals surface area (Å²) in [5.74, 6) is 0.886. The average Bonchev–Trinajstić information content (AvgIpc) is 2.91. The van der Waals surface area contributed by atoms with Gasteiger partial charge in [-0.25, -0.2) is 0 Å². The topological polar surface area (TPSA) is 26.3 Å². The number of esters is 1. The Morgan fingerprint density at radius 3 is 2.77 bits per heavy atom. The zero-order chi connectivity index (χ0) is 9.68. The van der Waals surface area contributed by atoms with E-state index in [-0.39, 0.29) is 11.9 Å². The fourth-order valence-electron chi connectivity index (χ4n) is 1.84. The van der Waals surface area contributed by atoms with Crippen molar-refractivity contribution in [3.8, 4) is 0 Å². The van der Waals surface area contributed by atoms with E-state index in [1.54, 1.807) is 0 Å². The van der Waals surface area contributed by atoms with Crippen LogP contribution < -0.4 is 0 Å². The van der Waals surface area contributed by atoms with Gasteiger partial charge in [0, 0.05) is 0 Å². The van der Waals surface area contributed by atoms with Crippen LogP contribution in [0.1, 0.15) is 45.4 Å². The molecule has 0 spiro atoms. The van der Waals surface area contributed by atoms with Gasteiger partial charge in [-0.05, 0) is 18.8 Å². The first-order valence-electron chi connectivity index (χ1n) is 5.37. The van der Waals surface area contributed by atoms with Crippen molar-refractivity contribution < 1.29 is 9.53 Å². The quantitative estimate of drug-likeness (QED) is 0.468. The number of ether oxygens (including phenoxy) is 1. The molecule has 1 aliphatic rings. The third kappa shape index (κ3) is 3.37. The van der Waals surface area contributed by atoms with Gasteiger partial charge < -0.3 is 4.74 Å². The maximum absolute atomic E-state index is 11.1. The van der Waals surface area contributed by atoms with E-state index in [0.29, 0.717) is 5.92 Å². The highest BCUT2D eigenvalue weighted by Crippen LogP contribution is 2.43. The predicted octanol–water partition coefficient (Wildman–Crippen LogP) is 2.77. The fourth-order valence-corrected chi connectivity index (χ4v) is 1.84. The molecule has 0 unspecified atom stereocenters. The molecule has 2 nitrogen and oxygen atoms in total. The minimum absolute atomic E-state index is 0.000455. The Bertz CT molecular complexity index is 165. The number of unbranched alkanes of at least 4 members (excludes halogenated alkanes) is 3. The lowest BCUT2D eigenvalue weighted by atomic mass is 10.1. The van der Waals surface area contributed by atoms with Crippen LogP contribution in [0.3, 0.4) is 0 Å². The molecule has 0 amide bonds. The molecular formula is C11H20O2.